The van der Waals surface area contributed by atoms with E-state index >= 15 is 0 Å². The number of nitrogens with zero attached hydrogens (tertiary/aromatic N) is 2. The van der Waals surface area contributed by atoms with E-state index in [2.05, 4.69) is 15.3 Å². The van der Waals surface area contributed by atoms with E-state index in [9.17, 15) is 4.79 Å². The number of benzene rings is 2. The number of amides is 1. The van der Waals surface area contributed by atoms with Gasteiger partial charge in [-0.15, -0.1) is 0 Å². The summed E-state index contributed by atoms with van der Waals surface area (Å²) in [5.41, 5.74) is 2.36. The predicted octanol–water partition coefficient (Wildman–Crippen LogP) is 5.47. The molecule has 1 saturated heterocycles. The summed E-state index contributed by atoms with van der Waals surface area (Å²) < 4.78 is 0. The van der Waals surface area contributed by atoms with Crippen molar-refractivity contribution >= 4 is 69.8 Å². The van der Waals surface area contributed by atoms with E-state index in [-0.39, 0.29) is 11.3 Å². The fraction of sp³-hybridized carbons (Fsp3) is 0.0500. The van der Waals surface area contributed by atoms with Crippen LogP contribution in [0.4, 0.5) is 5.69 Å². The number of nitrogens with one attached hydrogen (secondary N) is 1. The molecule has 27 heavy (non-hydrogen) atoms. The molecule has 1 N–H and O–H groups in total. The zero-order valence-corrected chi connectivity index (χ0v) is 16.2. The van der Waals surface area contributed by atoms with Gasteiger partial charge in [0, 0.05) is 17.8 Å². The van der Waals surface area contributed by atoms with Crippen LogP contribution in [0, 0.1) is 0 Å². The Hall–Kier alpha value is -2.34. The molecule has 1 atom stereocenters. The van der Waals surface area contributed by atoms with Crippen molar-refractivity contribution in [3.05, 3.63) is 75.2 Å². The van der Waals surface area contributed by atoms with Gasteiger partial charge in [-0.1, -0.05) is 53.2 Å². The third-order valence-electron chi connectivity index (χ3n) is 3.95. The summed E-state index contributed by atoms with van der Waals surface area (Å²) in [5, 5.41) is 4.56. The van der Waals surface area contributed by atoms with Crippen molar-refractivity contribution in [2.45, 2.75) is 5.37 Å². The summed E-state index contributed by atoms with van der Waals surface area (Å²) >= 11 is 13.6. The average Bonchev–Trinajstić information content (AvgIpc) is 3.00. The highest BCUT2D eigenvalue weighted by atomic mass is 35.5. The van der Waals surface area contributed by atoms with Gasteiger partial charge in [0.05, 0.1) is 26.2 Å². The number of aliphatic imine (C=N–C) groups is 1. The minimum absolute atomic E-state index is 0.131. The lowest BCUT2D eigenvalue weighted by Crippen LogP contribution is -2.25. The summed E-state index contributed by atoms with van der Waals surface area (Å²) in [6.07, 6.45) is 5.26. The second-order valence-corrected chi connectivity index (χ2v) is 7.82. The van der Waals surface area contributed by atoms with Crippen molar-refractivity contribution in [1.29, 1.82) is 0 Å². The number of pyridine rings is 1. The Balaban J connectivity index is 1.54. The Morgan fingerprint density at radius 1 is 1.11 bits per heavy atom. The maximum absolute atomic E-state index is 12.3. The number of carbonyl (C=O) groups excluding carboxylic acids is 1. The van der Waals surface area contributed by atoms with Gasteiger partial charge in [0.25, 0.3) is 5.91 Å². The van der Waals surface area contributed by atoms with Crippen LogP contribution in [0.5, 0.6) is 0 Å². The van der Waals surface area contributed by atoms with Gasteiger partial charge in [0.2, 0.25) is 0 Å². The highest BCUT2D eigenvalue weighted by Gasteiger charge is 2.26. The van der Waals surface area contributed by atoms with Crippen molar-refractivity contribution < 1.29 is 4.79 Å². The molecule has 2 heterocycles. The molecule has 0 aliphatic carbocycles. The zero-order valence-electron chi connectivity index (χ0n) is 13.9. The van der Waals surface area contributed by atoms with E-state index in [0.29, 0.717) is 20.6 Å². The van der Waals surface area contributed by atoms with E-state index in [1.807, 2.05) is 36.4 Å². The molecule has 1 fully saturated rings. The van der Waals surface area contributed by atoms with Crippen LogP contribution in [0.25, 0.3) is 17.0 Å². The van der Waals surface area contributed by atoms with Crippen LogP contribution in [0.2, 0.25) is 10.0 Å². The molecule has 134 valence electrons. The van der Waals surface area contributed by atoms with Crippen LogP contribution in [-0.2, 0) is 4.79 Å². The number of para-hydroxylation sites is 1. The first-order valence-corrected chi connectivity index (χ1v) is 9.76. The summed E-state index contributed by atoms with van der Waals surface area (Å²) in [6.45, 7) is 0. The van der Waals surface area contributed by atoms with Crippen molar-refractivity contribution in [2.24, 2.45) is 4.99 Å². The molecular weight excluding hydrogens is 401 g/mol. The SMILES string of the molecule is O=C1NC(C=Nc2c(Cl)cccc2Cl)S/C1=C\c1ccc2ncccc2c1. The Kier molecular flexibility index (Phi) is 5.16. The van der Waals surface area contributed by atoms with Gasteiger partial charge in [0.15, 0.2) is 0 Å². The van der Waals surface area contributed by atoms with Gasteiger partial charge in [-0.25, -0.2) is 0 Å². The Bertz CT molecular complexity index is 1080. The van der Waals surface area contributed by atoms with Gasteiger partial charge in [0.1, 0.15) is 5.37 Å². The largest absolute Gasteiger partial charge is 0.334 e. The smallest absolute Gasteiger partial charge is 0.258 e. The van der Waals surface area contributed by atoms with Crippen molar-refractivity contribution in [1.82, 2.24) is 10.3 Å². The summed E-state index contributed by atoms with van der Waals surface area (Å²) in [6, 6.07) is 15.0. The maximum Gasteiger partial charge on any atom is 0.258 e. The number of halogens is 2. The van der Waals surface area contributed by atoms with Crippen LogP contribution < -0.4 is 5.32 Å². The van der Waals surface area contributed by atoms with Crippen LogP contribution in [0.1, 0.15) is 5.56 Å². The minimum Gasteiger partial charge on any atom is -0.334 e. The third kappa shape index (κ3) is 4.00. The van der Waals surface area contributed by atoms with E-state index in [4.69, 9.17) is 23.2 Å². The lowest BCUT2D eigenvalue weighted by Gasteiger charge is -2.03. The van der Waals surface area contributed by atoms with E-state index in [0.717, 1.165) is 16.5 Å². The summed E-state index contributed by atoms with van der Waals surface area (Å²) in [4.78, 5) is 21.5. The first kappa shape index (κ1) is 18.0. The molecule has 1 aliphatic rings. The molecule has 4 rings (SSSR count). The Labute approximate surface area is 170 Å². The average molecular weight is 414 g/mol. The summed E-state index contributed by atoms with van der Waals surface area (Å²) in [7, 11) is 0. The standard InChI is InChI=1S/C20H13Cl2N3OS/c21-14-4-1-5-15(22)19(14)24-11-18-25-20(26)17(27-18)10-12-6-7-16-13(9-12)3-2-8-23-16/h1-11,18H,(H,25,26)/b17-10-,24-11?. The van der Waals surface area contributed by atoms with Crippen molar-refractivity contribution in [3.8, 4) is 0 Å². The van der Waals surface area contributed by atoms with Gasteiger partial charge in [-0.2, -0.15) is 0 Å². The van der Waals surface area contributed by atoms with Gasteiger partial charge >= 0.3 is 0 Å². The summed E-state index contributed by atoms with van der Waals surface area (Å²) in [5.74, 6) is -0.131. The van der Waals surface area contributed by atoms with Gasteiger partial charge in [-0.3, -0.25) is 14.8 Å². The van der Waals surface area contributed by atoms with Crippen molar-refractivity contribution in [2.75, 3.05) is 0 Å². The van der Waals surface area contributed by atoms with E-state index in [1.165, 1.54) is 11.8 Å². The zero-order chi connectivity index (χ0) is 18.8. The normalized spacial score (nSPS) is 18.5. The number of hydrogen-bond donors (Lipinski definition) is 1. The van der Waals surface area contributed by atoms with E-state index < -0.39 is 0 Å². The molecule has 2 aromatic carbocycles. The third-order valence-corrected chi connectivity index (χ3v) is 5.61. The van der Waals surface area contributed by atoms with Crippen LogP contribution in [0.15, 0.2) is 64.6 Å². The van der Waals surface area contributed by atoms with E-state index in [1.54, 1.807) is 30.6 Å². The highest BCUT2D eigenvalue weighted by molar-refractivity contribution is 8.05. The molecule has 0 radical (unpaired) electrons. The number of aromatic nitrogens is 1. The number of carbonyl (C=O) groups is 1. The quantitative estimate of drug-likeness (QED) is 0.457. The number of fused-ring (bicyclic) bond motifs is 1. The van der Waals surface area contributed by atoms with Gasteiger partial charge in [-0.05, 0) is 42.0 Å². The Morgan fingerprint density at radius 2 is 1.93 bits per heavy atom. The molecule has 3 aromatic rings. The first-order valence-electron chi connectivity index (χ1n) is 8.12. The van der Waals surface area contributed by atoms with Crippen molar-refractivity contribution in [3.63, 3.8) is 0 Å². The molecule has 1 unspecified atom stereocenters. The number of rotatable bonds is 3. The molecule has 1 aromatic heterocycles. The second-order valence-electron chi connectivity index (χ2n) is 5.82. The molecule has 4 nitrogen and oxygen atoms in total. The molecule has 0 spiro atoms. The fourth-order valence-electron chi connectivity index (χ4n) is 2.68. The van der Waals surface area contributed by atoms with Crippen LogP contribution in [0.3, 0.4) is 0 Å². The molecule has 1 aliphatic heterocycles. The second kappa shape index (κ2) is 7.72. The number of thioether (sulfide) groups is 1. The van der Waals surface area contributed by atoms with Crippen LogP contribution >= 0.6 is 35.0 Å². The maximum atomic E-state index is 12.3. The lowest BCUT2D eigenvalue weighted by molar-refractivity contribution is -0.116. The fourth-order valence-corrected chi connectivity index (χ4v) is 4.10. The lowest BCUT2D eigenvalue weighted by atomic mass is 10.1. The molecule has 1 amide bonds. The molecule has 0 saturated carbocycles. The topological polar surface area (TPSA) is 54.4 Å². The van der Waals surface area contributed by atoms with Gasteiger partial charge < -0.3 is 5.32 Å². The molecule has 7 heteroatoms. The highest BCUT2D eigenvalue weighted by Crippen LogP contribution is 2.34. The monoisotopic (exact) mass is 413 g/mol. The minimum atomic E-state index is -0.279. The predicted molar refractivity (Wildman–Crippen MR) is 114 cm³/mol. The van der Waals surface area contributed by atoms with Crippen LogP contribution in [-0.4, -0.2) is 22.5 Å². The first-order chi connectivity index (χ1) is 13.1. The number of hydrogen-bond acceptors (Lipinski definition) is 4. The molecular formula is C20H13Cl2N3OS. The Morgan fingerprint density at radius 3 is 2.74 bits per heavy atom. The molecule has 0 bridgehead atoms.